The number of rotatable bonds is 4. The summed E-state index contributed by atoms with van der Waals surface area (Å²) in [5.41, 5.74) is 0.652. The number of aryl methyl sites for hydroxylation is 1. The van der Waals surface area contributed by atoms with Crippen LogP contribution in [0.3, 0.4) is 0 Å². The van der Waals surface area contributed by atoms with Crippen molar-refractivity contribution in [2.45, 2.75) is 51.7 Å². The van der Waals surface area contributed by atoms with Crippen molar-refractivity contribution in [1.29, 1.82) is 0 Å². The second-order valence-electron chi connectivity index (χ2n) is 5.56. The first-order valence-corrected chi connectivity index (χ1v) is 6.55. The first-order valence-electron chi connectivity index (χ1n) is 6.55. The van der Waals surface area contributed by atoms with Gasteiger partial charge in [0.2, 0.25) is 0 Å². The molecule has 2 N–H and O–H groups in total. The second-order valence-corrected chi connectivity index (χ2v) is 5.56. The lowest BCUT2D eigenvalue weighted by Crippen LogP contribution is -2.43. The Morgan fingerprint density at radius 2 is 2.41 bits per heavy atom. The minimum atomic E-state index is -0.516. The number of nitrogens with one attached hydrogen (secondary N) is 1. The van der Waals surface area contributed by atoms with Crippen molar-refractivity contribution in [2.75, 3.05) is 6.54 Å². The zero-order valence-corrected chi connectivity index (χ0v) is 10.8. The van der Waals surface area contributed by atoms with E-state index in [1.807, 2.05) is 13.0 Å². The van der Waals surface area contributed by atoms with Gasteiger partial charge >= 0.3 is 0 Å². The van der Waals surface area contributed by atoms with Crippen LogP contribution in [0.2, 0.25) is 0 Å². The van der Waals surface area contributed by atoms with Gasteiger partial charge in [0.15, 0.2) is 0 Å². The Labute approximate surface area is 103 Å². The lowest BCUT2D eigenvalue weighted by atomic mass is 9.79. The minimum absolute atomic E-state index is 0.516. The van der Waals surface area contributed by atoms with Gasteiger partial charge in [0.05, 0.1) is 18.4 Å². The molecule has 1 aromatic rings. The highest BCUT2D eigenvalue weighted by Crippen LogP contribution is 2.31. The minimum Gasteiger partial charge on any atom is -0.468 e. The second kappa shape index (κ2) is 5.23. The van der Waals surface area contributed by atoms with E-state index in [1.54, 1.807) is 6.26 Å². The van der Waals surface area contributed by atoms with Crippen LogP contribution in [0.25, 0.3) is 0 Å². The van der Waals surface area contributed by atoms with Crippen molar-refractivity contribution in [2.24, 2.45) is 5.92 Å². The molecule has 3 nitrogen and oxygen atoms in total. The molecule has 2 atom stereocenters. The Kier molecular flexibility index (Phi) is 3.89. The molecule has 1 heterocycles. The van der Waals surface area contributed by atoms with Gasteiger partial charge in [0, 0.05) is 6.54 Å². The highest BCUT2D eigenvalue weighted by molar-refractivity contribution is 5.14. The van der Waals surface area contributed by atoms with Crippen LogP contribution in [0.4, 0.5) is 0 Å². The Morgan fingerprint density at radius 1 is 1.59 bits per heavy atom. The summed E-state index contributed by atoms with van der Waals surface area (Å²) in [5.74, 6) is 1.61. The summed E-state index contributed by atoms with van der Waals surface area (Å²) in [6.07, 6.45) is 5.93. The van der Waals surface area contributed by atoms with Crippen LogP contribution >= 0.6 is 0 Å². The maximum Gasteiger partial charge on any atom is 0.120 e. The summed E-state index contributed by atoms with van der Waals surface area (Å²) in [7, 11) is 0. The molecule has 1 fully saturated rings. The molecule has 0 amide bonds. The lowest BCUT2D eigenvalue weighted by Gasteiger charge is -2.35. The molecule has 1 saturated carbocycles. The third-order valence-electron chi connectivity index (χ3n) is 3.78. The van der Waals surface area contributed by atoms with Gasteiger partial charge in [-0.25, -0.2) is 0 Å². The molecule has 0 aliphatic heterocycles. The van der Waals surface area contributed by atoms with Crippen LogP contribution < -0.4 is 5.32 Å². The Morgan fingerprint density at radius 3 is 3.06 bits per heavy atom. The zero-order valence-electron chi connectivity index (χ0n) is 10.8. The van der Waals surface area contributed by atoms with Crippen molar-refractivity contribution in [1.82, 2.24) is 5.32 Å². The highest BCUT2D eigenvalue weighted by atomic mass is 16.3. The molecule has 0 saturated heterocycles. The van der Waals surface area contributed by atoms with Crippen LogP contribution in [0, 0.1) is 12.8 Å². The van der Waals surface area contributed by atoms with Crippen molar-refractivity contribution in [3.05, 3.63) is 23.7 Å². The van der Waals surface area contributed by atoms with Gasteiger partial charge in [-0.15, -0.1) is 0 Å². The fourth-order valence-corrected chi connectivity index (χ4v) is 2.79. The zero-order chi connectivity index (χ0) is 12.3. The summed E-state index contributed by atoms with van der Waals surface area (Å²) in [6, 6.07) is 1.97. The predicted octanol–water partition coefficient (Wildman–Crippen LogP) is 2.62. The van der Waals surface area contributed by atoms with Crippen LogP contribution in [-0.4, -0.2) is 17.3 Å². The van der Waals surface area contributed by atoms with Crippen molar-refractivity contribution in [3.8, 4) is 0 Å². The molecular formula is C14H23NO2. The van der Waals surface area contributed by atoms with Gasteiger partial charge in [-0.3, -0.25) is 0 Å². The quantitative estimate of drug-likeness (QED) is 0.846. The van der Waals surface area contributed by atoms with Crippen LogP contribution in [0.15, 0.2) is 16.7 Å². The van der Waals surface area contributed by atoms with Crippen molar-refractivity contribution >= 4 is 0 Å². The van der Waals surface area contributed by atoms with E-state index in [-0.39, 0.29) is 0 Å². The number of hydrogen-bond donors (Lipinski definition) is 2. The Bertz CT molecular complexity index is 361. The smallest absolute Gasteiger partial charge is 0.120 e. The average Bonchev–Trinajstić information content (AvgIpc) is 2.64. The summed E-state index contributed by atoms with van der Waals surface area (Å²) in [6.45, 7) is 5.63. The maximum absolute atomic E-state index is 10.4. The van der Waals surface area contributed by atoms with E-state index in [4.69, 9.17) is 4.42 Å². The Balaban J connectivity index is 1.79. The van der Waals surface area contributed by atoms with Crippen molar-refractivity contribution < 1.29 is 9.52 Å². The van der Waals surface area contributed by atoms with Gasteiger partial charge in [-0.05, 0) is 37.3 Å². The molecule has 0 aromatic carbocycles. The summed E-state index contributed by atoms with van der Waals surface area (Å²) >= 11 is 0. The molecule has 17 heavy (non-hydrogen) atoms. The van der Waals surface area contributed by atoms with E-state index < -0.39 is 5.60 Å². The monoisotopic (exact) mass is 237 g/mol. The van der Waals surface area contributed by atoms with Gasteiger partial charge in [-0.2, -0.15) is 0 Å². The van der Waals surface area contributed by atoms with Gasteiger partial charge < -0.3 is 14.8 Å². The van der Waals surface area contributed by atoms with E-state index in [0.29, 0.717) is 19.0 Å². The normalized spacial score (nSPS) is 29.5. The van der Waals surface area contributed by atoms with Gasteiger partial charge in [-0.1, -0.05) is 19.8 Å². The average molecular weight is 237 g/mol. The highest BCUT2D eigenvalue weighted by Gasteiger charge is 2.32. The van der Waals surface area contributed by atoms with E-state index >= 15 is 0 Å². The van der Waals surface area contributed by atoms with Crippen molar-refractivity contribution in [3.63, 3.8) is 0 Å². The standard InChI is InChI=1S/C14H23NO2/c1-11-4-3-6-14(16,8-11)10-15-9-13-12(2)5-7-17-13/h5,7,11,15-16H,3-4,6,8-10H2,1-2H3. The fraction of sp³-hybridized carbons (Fsp3) is 0.714. The molecular weight excluding hydrogens is 214 g/mol. The molecule has 2 rings (SSSR count). The molecule has 0 radical (unpaired) electrons. The van der Waals surface area contributed by atoms with Gasteiger partial charge in [0.1, 0.15) is 5.76 Å². The molecule has 0 spiro atoms. The lowest BCUT2D eigenvalue weighted by molar-refractivity contribution is -0.0121. The van der Waals surface area contributed by atoms with Crippen LogP contribution in [0.1, 0.15) is 43.9 Å². The van der Waals surface area contributed by atoms with E-state index in [2.05, 4.69) is 12.2 Å². The fourth-order valence-electron chi connectivity index (χ4n) is 2.79. The summed E-state index contributed by atoms with van der Waals surface area (Å²) < 4.78 is 5.36. The number of furan rings is 1. The first kappa shape index (κ1) is 12.7. The molecule has 3 heteroatoms. The first-order chi connectivity index (χ1) is 8.09. The predicted molar refractivity (Wildman–Crippen MR) is 67.7 cm³/mol. The van der Waals surface area contributed by atoms with E-state index in [1.165, 1.54) is 12.0 Å². The largest absolute Gasteiger partial charge is 0.468 e. The van der Waals surface area contributed by atoms with Gasteiger partial charge in [0.25, 0.3) is 0 Å². The summed E-state index contributed by atoms with van der Waals surface area (Å²) in [5, 5.41) is 13.8. The molecule has 1 aliphatic rings. The third kappa shape index (κ3) is 3.33. The molecule has 2 unspecified atom stereocenters. The maximum atomic E-state index is 10.4. The van der Waals surface area contributed by atoms with E-state index in [9.17, 15) is 5.11 Å². The Hall–Kier alpha value is -0.800. The number of aliphatic hydroxyl groups is 1. The van der Waals surface area contributed by atoms with Crippen LogP contribution in [0.5, 0.6) is 0 Å². The van der Waals surface area contributed by atoms with Crippen LogP contribution in [-0.2, 0) is 6.54 Å². The van der Waals surface area contributed by atoms with E-state index in [0.717, 1.165) is 25.0 Å². The SMILES string of the molecule is Cc1ccoc1CNCC1(O)CCCC(C)C1. The molecule has 96 valence electrons. The molecule has 0 bridgehead atoms. The molecule has 1 aromatic heterocycles. The number of hydrogen-bond acceptors (Lipinski definition) is 3. The summed E-state index contributed by atoms with van der Waals surface area (Å²) in [4.78, 5) is 0. The molecule has 1 aliphatic carbocycles. The topological polar surface area (TPSA) is 45.4 Å². The third-order valence-corrected chi connectivity index (χ3v) is 3.78.